The molecule has 0 aromatic rings. The van der Waals surface area contributed by atoms with Gasteiger partial charge in [-0.15, -0.1) is 0 Å². The minimum atomic E-state index is 0.0585. The molecule has 1 saturated heterocycles. The SMILES string of the molecule is O=C1C2C3CCC(C3)C2C(=O)N1I. The molecular formula is C9H10INO2. The van der Waals surface area contributed by atoms with Gasteiger partial charge in [-0.2, -0.15) is 0 Å². The zero-order valence-electron chi connectivity index (χ0n) is 7.07. The molecule has 2 bridgehead atoms. The van der Waals surface area contributed by atoms with Crippen molar-refractivity contribution < 1.29 is 9.59 Å². The smallest absolute Gasteiger partial charge is 0.242 e. The van der Waals surface area contributed by atoms with E-state index in [1.54, 1.807) is 0 Å². The van der Waals surface area contributed by atoms with Gasteiger partial charge in [0.15, 0.2) is 0 Å². The maximum absolute atomic E-state index is 11.7. The van der Waals surface area contributed by atoms with Gasteiger partial charge in [0, 0.05) is 0 Å². The zero-order valence-corrected chi connectivity index (χ0v) is 9.23. The van der Waals surface area contributed by atoms with Gasteiger partial charge in [0.05, 0.1) is 34.7 Å². The lowest BCUT2D eigenvalue weighted by Crippen LogP contribution is -2.24. The van der Waals surface area contributed by atoms with E-state index in [1.165, 1.54) is 3.11 Å². The molecular weight excluding hydrogens is 281 g/mol. The van der Waals surface area contributed by atoms with Crippen LogP contribution in [0.1, 0.15) is 19.3 Å². The van der Waals surface area contributed by atoms with Crippen LogP contribution >= 0.6 is 22.9 Å². The van der Waals surface area contributed by atoms with E-state index in [2.05, 4.69) is 0 Å². The highest BCUT2D eigenvalue weighted by molar-refractivity contribution is 14.1. The summed E-state index contributed by atoms with van der Waals surface area (Å²) in [6.45, 7) is 0. The van der Waals surface area contributed by atoms with Crippen LogP contribution in [0.3, 0.4) is 0 Å². The topological polar surface area (TPSA) is 37.4 Å². The first-order valence-electron chi connectivity index (χ1n) is 4.73. The number of halogens is 1. The number of rotatable bonds is 0. The van der Waals surface area contributed by atoms with E-state index in [4.69, 9.17) is 0 Å². The van der Waals surface area contributed by atoms with Gasteiger partial charge in [-0.25, -0.2) is 3.11 Å². The Labute approximate surface area is 90.3 Å². The van der Waals surface area contributed by atoms with Crippen molar-refractivity contribution in [3.05, 3.63) is 0 Å². The van der Waals surface area contributed by atoms with Gasteiger partial charge in [-0.3, -0.25) is 9.59 Å². The number of carbonyl (C=O) groups is 2. The molecule has 0 aromatic heterocycles. The molecule has 1 heterocycles. The van der Waals surface area contributed by atoms with Gasteiger partial charge in [0.1, 0.15) is 0 Å². The number of carbonyl (C=O) groups excluding carboxylic acids is 2. The van der Waals surface area contributed by atoms with E-state index < -0.39 is 0 Å². The van der Waals surface area contributed by atoms with E-state index >= 15 is 0 Å². The number of nitrogens with zero attached hydrogens (tertiary/aromatic N) is 1. The Hall–Kier alpha value is -0.130. The first-order chi connectivity index (χ1) is 6.20. The molecule has 70 valence electrons. The lowest BCUT2D eigenvalue weighted by atomic mass is 9.81. The molecule has 13 heavy (non-hydrogen) atoms. The van der Waals surface area contributed by atoms with Crippen molar-refractivity contribution in [2.75, 3.05) is 0 Å². The molecule has 2 amide bonds. The normalized spacial score (nSPS) is 47.6. The second-order valence-corrected chi connectivity index (χ2v) is 5.31. The predicted molar refractivity (Wildman–Crippen MR) is 53.7 cm³/mol. The number of fused-ring (bicyclic) bond motifs is 5. The Bertz CT molecular complexity index is 276. The van der Waals surface area contributed by atoms with E-state index in [9.17, 15) is 9.59 Å². The van der Waals surface area contributed by atoms with Crippen LogP contribution in [-0.4, -0.2) is 14.9 Å². The monoisotopic (exact) mass is 291 g/mol. The van der Waals surface area contributed by atoms with E-state index in [-0.39, 0.29) is 23.7 Å². The summed E-state index contributed by atoms with van der Waals surface area (Å²) in [5, 5.41) is 0. The predicted octanol–water partition coefficient (Wildman–Crippen LogP) is 1.37. The highest BCUT2D eigenvalue weighted by atomic mass is 127. The molecule has 3 aliphatic rings. The third kappa shape index (κ3) is 0.851. The molecule has 0 aromatic carbocycles. The van der Waals surface area contributed by atoms with Crippen molar-refractivity contribution in [1.29, 1.82) is 0 Å². The lowest BCUT2D eigenvalue weighted by molar-refractivity contribution is -0.132. The first kappa shape index (κ1) is 8.20. The summed E-state index contributed by atoms with van der Waals surface area (Å²) >= 11 is 1.85. The van der Waals surface area contributed by atoms with Crippen molar-refractivity contribution in [1.82, 2.24) is 3.11 Å². The molecule has 2 saturated carbocycles. The van der Waals surface area contributed by atoms with E-state index in [0.717, 1.165) is 19.3 Å². The molecule has 0 spiro atoms. The van der Waals surface area contributed by atoms with Gasteiger partial charge in [0.25, 0.3) is 0 Å². The second kappa shape index (κ2) is 2.46. The Morgan fingerprint density at radius 2 is 1.54 bits per heavy atom. The Kier molecular flexibility index (Phi) is 1.55. The minimum absolute atomic E-state index is 0.0585. The summed E-state index contributed by atoms with van der Waals surface area (Å²) in [5.74, 6) is 1.30. The number of amides is 2. The van der Waals surface area contributed by atoms with Crippen LogP contribution in [0.4, 0.5) is 0 Å². The first-order valence-corrected chi connectivity index (χ1v) is 5.70. The van der Waals surface area contributed by atoms with Gasteiger partial charge in [0.2, 0.25) is 11.8 Å². The van der Waals surface area contributed by atoms with Crippen molar-refractivity contribution in [2.24, 2.45) is 23.7 Å². The van der Waals surface area contributed by atoms with E-state index in [0.29, 0.717) is 11.8 Å². The fourth-order valence-electron chi connectivity index (χ4n) is 3.37. The van der Waals surface area contributed by atoms with Gasteiger partial charge >= 0.3 is 0 Å². The standard InChI is InChI=1S/C9H10INO2/c10-11-8(12)6-4-1-2-5(3-4)7(6)9(11)13/h4-7H,1-3H2. The number of imide groups is 1. The maximum atomic E-state index is 11.7. The third-order valence-electron chi connectivity index (χ3n) is 3.87. The zero-order chi connectivity index (χ0) is 9.16. The molecule has 0 N–H and O–H groups in total. The third-order valence-corrected chi connectivity index (χ3v) is 4.82. The Balaban J connectivity index is 2.03. The van der Waals surface area contributed by atoms with Crippen LogP contribution in [0, 0.1) is 23.7 Å². The summed E-state index contributed by atoms with van der Waals surface area (Å²) < 4.78 is 1.32. The molecule has 0 radical (unpaired) electrons. The summed E-state index contributed by atoms with van der Waals surface area (Å²) in [4.78, 5) is 23.4. The molecule has 4 heteroatoms. The van der Waals surface area contributed by atoms with Crippen LogP contribution in [0.2, 0.25) is 0 Å². The van der Waals surface area contributed by atoms with Crippen LogP contribution < -0.4 is 0 Å². The second-order valence-electron chi connectivity index (χ2n) is 4.34. The van der Waals surface area contributed by atoms with Gasteiger partial charge in [-0.1, -0.05) is 0 Å². The number of hydrogen-bond acceptors (Lipinski definition) is 2. The fourth-order valence-corrected chi connectivity index (χ4v) is 4.02. The average molecular weight is 291 g/mol. The molecule has 4 atom stereocenters. The highest BCUT2D eigenvalue weighted by Crippen LogP contribution is 2.56. The quantitative estimate of drug-likeness (QED) is 0.384. The Morgan fingerprint density at radius 1 is 1.08 bits per heavy atom. The van der Waals surface area contributed by atoms with Gasteiger partial charge in [-0.05, 0) is 31.1 Å². The summed E-state index contributed by atoms with van der Waals surface area (Å²) in [7, 11) is 0. The van der Waals surface area contributed by atoms with E-state index in [1.807, 2.05) is 22.9 Å². The van der Waals surface area contributed by atoms with Crippen LogP contribution in [-0.2, 0) is 9.59 Å². The molecule has 3 rings (SSSR count). The van der Waals surface area contributed by atoms with Crippen LogP contribution in [0.15, 0.2) is 0 Å². The summed E-state index contributed by atoms with van der Waals surface area (Å²) in [6, 6.07) is 0. The van der Waals surface area contributed by atoms with Crippen molar-refractivity contribution in [2.45, 2.75) is 19.3 Å². The minimum Gasteiger partial charge on any atom is -0.273 e. The van der Waals surface area contributed by atoms with Crippen LogP contribution in [0.25, 0.3) is 0 Å². The summed E-state index contributed by atoms with van der Waals surface area (Å²) in [6.07, 6.45) is 3.45. The van der Waals surface area contributed by atoms with Gasteiger partial charge < -0.3 is 0 Å². The Morgan fingerprint density at radius 3 is 2.00 bits per heavy atom. The maximum Gasteiger partial charge on any atom is 0.242 e. The molecule has 2 aliphatic carbocycles. The summed E-state index contributed by atoms with van der Waals surface area (Å²) in [5.41, 5.74) is 0. The largest absolute Gasteiger partial charge is 0.273 e. The molecule has 1 aliphatic heterocycles. The molecule has 3 nitrogen and oxygen atoms in total. The highest BCUT2D eigenvalue weighted by Gasteiger charge is 2.60. The average Bonchev–Trinajstić information content (AvgIpc) is 2.76. The van der Waals surface area contributed by atoms with Crippen molar-refractivity contribution >= 4 is 34.7 Å². The fraction of sp³-hybridized carbons (Fsp3) is 0.778. The lowest BCUT2D eigenvalue weighted by Gasteiger charge is -2.19. The van der Waals surface area contributed by atoms with Crippen LogP contribution in [0.5, 0.6) is 0 Å². The molecule has 4 unspecified atom stereocenters. The van der Waals surface area contributed by atoms with Crippen molar-refractivity contribution in [3.63, 3.8) is 0 Å². The molecule has 3 fully saturated rings. The number of hydrogen-bond donors (Lipinski definition) is 0. The van der Waals surface area contributed by atoms with Crippen molar-refractivity contribution in [3.8, 4) is 0 Å².